The summed E-state index contributed by atoms with van der Waals surface area (Å²) in [6.45, 7) is 5.13. The molecule has 19 heavy (non-hydrogen) atoms. The van der Waals surface area contributed by atoms with Gasteiger partial charge in [-0.2, -0.15) is 4.68 Å². The van der Waals surface area contributed by atoms with Crippen molar-refractivity contribution in [3.8, 4) is 0 Å². The van der Waals surface area contributed by atoms with Crippen molar-refractivity contribution in [1.29, 1.82) is 0 Å². The van der Waals surface area contributed by atoms with Crippen molar-refractivity contribution in [2.75, 3.05) is 13.1 Å². The molecule has 1 fully saturated rings. The lowest BCUT2D eigenvalue weighted by Gasteiger charge is -2.27. The molecule has 3 rings (SSSR count). The Bertz CT molecular complexity index is 637. The molecule has 0 bridgehead atoms. The van der Waals surface area contributed by atoms with Crippen LogP contribution in [0.15, 0.2) is 29.1 Å². The van der Waals surface area contributed by atoms with Crippen molar-refractivity contribution in [1.82, 2.24) is 15.0 Å². The number of rotatable bonds is 2. The van der Waals surface area contributed by atoms with E-state index in [2.05, 4.69) is 17.2 Å². The summed E-state index contributed by atoms with van der Waals surface area (Å²) < 4.78 is 1.51. The first-order valence-corrected chi connectivity index (χ1v) is 6.90. The molecule has 5 nitrogen and oxygen atoms in total. The number of piperidine rings is 1. The third kappa shape index (κ3) is 2.51. The zero-order chi connectivity index (χ0) is 13.2. The highest BCUT2D eigenvalue weighted by molar-refractivity contribution is 5.76. The van der Waals surface area contributed by atoms with Gasteiger partial charge in [-0.15, -0.1) is 5.10 Å². The van der Waals surface area contributed by atoms with E-state index in [1.807, 2.05) is 24.3 Å². The average Bonchev–Trinajstić information content (AvgIpc) is 2.42. The summed E-state index contributed by atoms with van der Waals surface area (Å²) >= 11 is 0. The maximum atomic E-state index is 12.3. The molecule has 2 atom stereocenters. The van der Waals surface area contributed by atoms with Gasteiger partial charge in [-0.3, -0.25) is 4.79 Å². The van der Waals surface area contributed by atoms with Crippen LogP contribution in [0.25, 0.3) is 10.9 Å². The molecule has 1 saturated heterocycles. The van der Waals surface area contributed by atoms with Gasteiger partial charge in [-0.1, -0.05) is 24.3 Å². The smallest absolute Gasteiger partial charge is 0.282 e. The van der Waals surface area contributed by atoms with Gasteiger partial charge >= 0.3 is 0 Å². The second-order valence-electron chi connectivity index (χ2n) is 5.52. The van der Waals surface area contributed by atoms with Crippen LogP contribution in [0.2, 0.25) is 0 Å². The SMILES string of the molecule is C[C@@H]1CCC[NH+](Cn2nnc3ccccc3c2=O)C1. The summed E-state index contributed by atoms with van der Waals surface area (Å²) in [6, 6.07) is 7.38. The predicted octanol–water partition coefficient (Wildman–Crippen LogP) is 0.0638. The number of quaternary nitrogens is 1. The maximum Gasteiger partial charge on any atom is 0.282 e. The highest BCUT2D eigenvalue weighted by Crippen LogP contribution is 2.05. The van der Waals surface area contributed by atoms with Crippen LogP contribution in [-0.4, -0.2) is 28.1 Å². The Hall–Kier alpha value is -1.75. The number of likely N-dealkylation sites (tertiary alicyclic amines) is 1. The molecule has 1 aliphatic rings. The molecule has 1 aromatic heterocycles. The molecule has 0 saturated carbocycles. The summed E-state index contributed by atoms with van der Waals surface area (Å²) in [5, 5.41) is 8.84. The Morgan fingerprint density at radius 2 is 2.26 bits per heavy atom. The van der Waals surface area contributed by atoms with Crippen molar-refractivity contribution in [3.63, 3.8) is 0 Å². The van der Waals surface area contributed by atoms with Crippen LogP contribution in [0, 0.1) is 5.92 Å². The van der Waals surface area contributed by atoms with Gasteiger partial charge in [0.1, 0.15) is 5.52 Å². The van der Waals surface area contributed by atoms with E-state index in [9.17, 15) is 4.79 Å². The van der Waals surface area contributed by atoms with E-state index in [1.165, 1.54) is 22.4 Å². The average molecular weight is 259 g/mol. The van der Waals surface area contributed by atoms with E-state index in [0.717, 1.165) is 19.0 Å². The quantitative estimate of drug-likeness (QED) is 0.830. The number of fused-ring (bicyclic) bond motifs is 1. The van der Waals surface area contributed by atoms with E-state index >= 15 is 0 Å². The first-order valence-electron chi connectivity index (χ1n) is 6.90. The van der Waals surface area contributed by atoms with Gasteiger partial charge in [-0.05, 0) is 25.0 Å². The van der Waals surface area contributed by atoms with Crippen molar-refractivity contribution in [3.05, 3.63) is 34.6 Å². The lowest BCUT2D eigenvalue weighted by molar-refractivity contribution is -0.931. The topological polar surface area (TPSA) is 52.2 Å². The molecule has 1 aromatic carbocycles. The maximum absolute atomic E-state index is 12.3. The largest absolute Gasteiger partial charge is 0.316 e. The van der Waals surface area contributed by atoms with Gasteiger partial charge in [0.15, 0.2) is 6.67 Å². The lowest BCUT2D eigenvalue weighted by Crippen LogP contribution is -3.13. The summed E-state index contributed by atoms with van der Waals surface area (Å²) in [5.41, 5.74) is 0.641. The summed E-state index contributed by atoms with van der Waals surface area (Å²) in [7, 11) is 0. The fourth-order valence-corrected chi connectivity index (χ4v) is 2.88. The van der Waals surface area contributed by atoms with Gasteiger partial charge < -0.3 is 4.90 Å². The number of hydrogen-bond acceptors (Lipinski definition) is 3. The van der Waals surface area contributed by atoms with Crippen molar-refractivity contribution in [2.45, 2.75) is 26.4 Å². The minimum absolute atomic E-state index is 0.0312. The Morgan fingerprint density at radius 3 is 3.11 bits per heavy atom. The Morgan fingerprint density at radius 1 is 1.42 bits per heavy atom. The molecule has 0 aliphatic carbocycles. The molecular formula is C14H19N4O+. The summed E-state index contributed by atoms with van der Waals surface area (Å²) in [6.07, 6.45) is 2.52. The molecule has 0 amide bonds. The molecule has 100 valence electrons. The van der Waals surface area contributed by atoms with Crippen LogP contribution in [0.1, 0.15) is 19.8 Å². The van der Waals surface area contributed by atoms with Gasteiger partial charge in [0.2, 0.25) is 0 Å². The summed E-state index contributed by atoms with van der Waals surface area (Å²) in [5.74, 6) is 0.730. The van der Waals surface area contributed by atoms with Crippen LogP contribution < -0.4 is 10.5 Å². The third-order valence-electron chi connectivity index (χ3n) is 3.87. The Balaban J connectivity index is 1.89. The van der Waals surface area contributed by atoms with E-state index in [0.29, 0.717) is 17.6 Å². The molecular weight excluding hydrogens is 240 g/mol. The second-order valence-corrected chi connectivity index (χ2v) is 5.52. The van der Waals surface area contributed by atoms with Gasteiger partial charge in [0.25, 0.3) is 5.56 Å². The van der Waals surface area contributed by atoms with Gasteiger partial charge in [0.05, 0.1) is 18.5 Å². The zero-order valence-electron chi connectivity index (χ0n) is 11.2. The zero-order valence-corrected chi connectivity index (χ0v) is 11.2. The van der Waals surface area contributed by atoms with Crippen molar-refractivity contribution in [2.24, 2.45) is 5.92 Å². The van der Waals surface area contributed by atoms with E-state index in [4.69, 9.17) is 0 Å². The molecule has 5 heteroatoms. The van der Waals surface area contributed by atoms with Crippen LogP contribution >= 0.6 is 0 Å². The Kier molecular flexibility index (Phi) is 3.29. The normalized spacial score (nSPS) is 23.6. The van der Waals surface area contributed by atoms with Gasteiger partial charge in [-0.25, -0.2) is 0 Å². The van der Waals surface area contributed by atoms with Crippen LogP contribution in [0.5, 0.6) is 0 Å². The predicted molar refractivity (Wildman–Crippen MR) is 72.9 cm³/mol. The third-order valence-corrected chi connectivity index (χ3v) is 3.87. The monoisotopic (exact) mass is 259 g/mol. The summed E-state index contributed by atoms with van der Waals surface area (Å²) in [4.78, 5) is 13.8. The van der Waals surface area contributed by atoms with Crippen molar-refractivity contribution >= 4 is 10.9 Å². The number of nitrogens with one attached hydrogen (secondary N) is 1. The molecule has 1 aliphatic heterocycles. The van der Waals surface area contributed by atoms with Gasteiger partial charge in [0, 0.05) is 5.92 Å². The van der Waals surface area contributed by atoms with Crippen LogP contribution in [0.3, 0.4) is 0 Å². The van der Waals surface area contributed by atoms with Crippen LogP contribution in [0.4, 0.5) is 0 Å². The first-order chi connectivity index (χ1) is 9.24. The minimum Gasteiger partial charge on any atom is -0.316 e. The molecule has 1 unspecified atom stereocenters. The van der Waals surface area contributed by atoms with E-state index < -0.39 is 0 Å². The second kappa shape index (κ2) is 5.09. The first kappa shape index (κ1) is 12.3. The van der Waals surface area contributed by atoms with E-state index in [-0.39, 0.29) is 5.56 Å². The molecule has 0 spiro atoms. The number of hydrogen-bond donors (Lipinski definition) is 1. The molecule has 2 heterocycles. The van der Waals surface area contributed by atoms with E-state index in [1.54, 1.807) is 0 Å². The molecule has 2 aromatic rings. The minimum atomic E-state index is -0.0312. The number of benzene rings is 1. The standard InChI is InChI=1S/C14H18N4O/c1-11-5-4-8-17(9-11)10-18-14(19)12-6-2-3-7-13(12)15-16-18/h2-3,6-7,11H,4-5,8-10H2,1H3/p+1/t11-/m1/s1. The fraction of sp³-hybridized carbons (Fsp3) is 0.500. The highest BCUT2D eigenvalue weighted by Gasteiger charge is 2.20. The fourth-order valence-electron chi connectivity index (χ4n) is 2.88. The Labute approximate surface area is 111 Å². The molecule has 0 radical (unpaired) electrons. The number of nitrogens with zero attached hydrogens (tertiary/aromatic N) is 3. The lowest BCUT2D eigenvalue weighted by atomic mass is 10.0. The number of aromatic nitrogens is 3. The highest BCUT2D eigenvalue weighted by atomic mass is 16.1. The van der Waals surface area contributed by atoms with Crippen molar-refractivity contribution < 1.29 is 4.90 Å². The molecule has 1 N–H and O–H groups in total. The van der Waals surface area contributed by atoms with Crippen LogP contribution in [-0.2, 0) is 6.67 Å².